The van der Waals surface area contributed by atoms with Crippen LogP contribution in [0.3, 0.4) is 0 Å². The number of rotatable bonds is 3. The Bertz CT molecular complexity index is 465. The molecule has 0 heterocycles. The standard InChI is InChI=1S/C15H20N2O/c16-15(8-3-9-15)10-14(18)17-13-7-6-11-4-1-2-5-12(11)13/h1-2,4-5,13H,3,6-10,16H2,(H,17,18). The van der Waals surface area contributed by atoms with Crippen molar-refractivity contribution in [1.82, 2.24) is 5.32 Å². The third kappa shape index (κ3) is 2.15. The maximum atomic E-state index is 12.0. The molecule has 18 heavy (non-hydrogen) atoms. The Hall–Kier alpha value is -1.35. The van der Waals surface area contributed by atoms with E-state index in [4.69, 9.17) is 5.73 Å². The number of amides is 1. The van der Waals surface area contributed by atoms with Gasteiger partial charge in [0.05, 0.1) is 6.04 Å². The molecule has 1 unspecified atom stereocenters. The van der Waals surface area contributed by atoms with Gasteiger partial charge in [0.15, 0.2) is 0 Å². The molecule has 2 aliphatic rings. The number of nitrogens with two attached hydrogens (primary N) is 1. The fraction of sp³-hybridized carbons (Fsp3) is 0.533. The first-order chi connectivity index (χ1) is 8.66. The van der Waals surface area contributed by atoms with Crippen LogP contribution >= 0.6 is 0 Å². The predicted octanol–water partition coefficient (Wildman–Crippen LogP) is 2.06. The summed E-state index contributed by atoms with van der Waals surface area (Å²) in [5.41, 5.74) is 8.54. The fourth-order valence-electron chi connectivity index (χ4n) is 3.08. The molecule has 3 rings (SSSR count). The lowest BCUT2D eigenvalue weighted by atomic mass is 9.75. The van der Waals surface area contributed by atoms with Gasteiger partial charge in [-0.1, -0.05) is 24.3 Å². The molecule has 0 spiro atoms. The fourth-order valence-corrected chi connectivity index (χ4v) is 3.08. The van der Waals surface area contributed by atoms with Crippen LogP contribution in [0, 0.1) is 0 Å². The Morgan fingerprint density at radius 2 is 2.17 bits per heavy atom. The number of hydrogen-bond donors (Lipinski definition) is 2. The Balaban J connectivity index is 1.62. The minimum Gasteiger partial charge on any atom is -0.349 e. The lowest BCUT2D eigenvalue weighted by Gasteiger charge is -2.37. The summed E-state index contributed by atoms with van der Waals surface area (Å²) in [5.74, 6) is 0.110. The molecule has 1 fully saturated rings. The number of aryl methyl sites for hydroxylation is 1. The summed E-state index contributed by atoms with van der Waals surface area (Å²) in [6, 6.07) is 8.57. The molecule has 0 aliphatic heterocycles. The SMILES string of the molecule is NC1(CC(=O)NC2CCc3ccccc32)CCC1. The third-order valence-electron chi connectivity index (χ3n) is 4.33. The summed E-state index contributed by atoms with van der Waals surface area (Å²) in [4.78, 5) is 12.0. The van der Waals surface area contributed by atoms with E-state index in [2.05, 4.69) is 23.5 Å². The molecular formula is C15H20N2O. The molecule has 3 N–H and O–H groups in total. The zero-order valence-corrected chi connectivity index (χ0v) is 10.6. The van der Waals surface area contributed by atoms with Gasteiger partial charge < -0.3 is 11.1 Å². The van der Waals surface area contributed by atoms with Crippen molar-refractivity contribution in [3.63, 3.8) is 0 Å². The van der Waals surface area contributed by atoms with Crippen LogP contribution in [0.5, 0.6) is 0 Å². The van der Waals surface area contributed by atoms with Crippen LogP contribution in [0.4, 0.5) is 0 Å². The summed E-state index contributed by atoms with van der Waals surface area (Å²) in [7, 11) is 0. The summed E-state index contributed by atoms with van der Waals surface area (Å²) >= 11 is 0. The van der Waals surface area contributed by atoms with Gasteiger partial charge in [0.1, 0.15) is 0 Å². The minimum atomic E-state index is -0.220. The predicted molar refractivity (Wildman–Crippen MR) is 71.0 cm³/mol. The first-order valence-electron chi connectivity index (χ1n) is 6.82. The van der Waals surface area contributed by atoms with Crippen LogP contribution < -0.4 is 11.1 Å². The lowest BCUT2D eigenvalue weighted by Crippen LogP contribution is -2.50. The third-order valence-corrected chi connectivity index (χ3v) is 4.33. The molecule has 1 aromatic rings. The van der Waals surface area contributed by atoms with Gasteiger partial charge in [0.25, 0.3) is 0 Å². The number of nitrogens with one attached hydrogen (secondary N) is 1. The van der Waals surface area contributed by atoms with E-state index in [-0.39, 0.29) is 17.5 Å². The molecule has 1 aromatic carbocycles. The van der Waals surface area contributed by atoms with Gasteiger partial charge in [-0.15, -0.1) is 0 Å². The number of hydrogen-bond acceptors (Lipinski definition) is 2. The Morgan fingerprint density at radius 3 is 2.89 bits per heavy atom. The molecule has 3 nitrogen and oxygen atoms in total. The van der Waals surface area contributed by atoms with Crippen molar-refractivity contribution >= 4 is 5.91 Å². The average molecular weight is 244 g/mol. The number of fused-ring (bicyclic) bond motifs is 1. The normalized spacial score (nSPS) is 24.2. The summed E-state index contributed by atoms with van der Waals surface area (Å²) in [5, 5.41) is 3.14. The van der Waals surface area contributed by atoms with Crippen LogP contribution in [0.2, 0.25) is 0 Å². The molecule has 1 saturated carbocycles. The lowest BCUT2D eigenvalue weighted by molar-refractivity contribution is -0.123. The number of benzene rings is 1. The summed E-state index contributed by atoms with van der Waals surface area (Å²) in [6.45, 7) is 0. The second-order valence-corrected chi connectivity index (χ2v) is 5.75. The second kappa shape index (κ2) is 4.39. The first kappa shape index (κ1) is 11.7. The highest BCUT2D eigenvalue weighted by atomic mass is 16.1. The highest BCUT2D eigenvalue weighted by molar-refractivity contribution is 5.78. The Kier molecular flexibility index (Phi) is 2.86. The van der Waals surface area contributed by atoms with Crippen LogP contribution in [-0.4, -0.2) is 11.4 Å². The smallest absolute Gasteiger partial charge is 0.222 e. The molecule has 96 valence electrons. The topological polar surface area (TPSA) is 55.1 Å². The molecule has 0 aromatic heterocycles. The molecule has 3 heteroatoms. The highest BCUT2D eigenvalue weighted by Crippen LogP contribution is 2.34. The molecule has 1 atom stereocenters. The average Bonchev–Trinajstić information content (AvgIpc) is 2.71. The highest BCUT2D eigenvalue weighted by Gasteiger charge is 2.35. The second-order valence-electron chi connectivity index (χ2n) is 5.75. The van der Waals surface area contributed by atoms with E-state index in [1.54, 1.807) is 0 Å². The maximum Gasteiger partial charge on any atom is 0.222 e. The van der Waals surface area contributed by atoms with Gasteiger partial charge in [0.2, 0.25) is 5.91 Å². The minimum absolute atomic E-state index is 0.110. The zero-order valence-electron chi connectivity index (χ0n) is 10.6. The van der Waals surface area contributed by atoms with E-state index in [0.717, 1.165) is 32.1 Å². The quantitative estimate of drug-likeness (QED) is 0.855. The van der Waals surface area contributed by atoms with Crippen LogP contribution in [0.1, 0.15) is 49.3 Å². The Morgan fingerprint density at radius 1 is 1.39 bits per heavy atom. The molecule has 0 bridgehead atoms. The van der Waals surface area contributed by atoms with Gasteiger partial charge >= 0.3 is 0 Å². The molecule has 1 amide bonds. The van der Waals surface area contributed by atoms with Crippen molar-refractivity contribution in [3.05, 3.63) is 35.4 Å². The van der Waals surface area contributed by atoms with Gasteiger partial charge in [0, 0.05) is 12.0 Å². The van der Waals surface area contributed by atoms with Crippen LogP contribution in [0.15, 0.2) is 24.3 Å². The number of carbonyl (C=O) groups excluding carboxylic acids is 1. The van der Waals surface area contributed by atoms with E-state index in [0.29, 0.717) is 6.42 Å². The zero-order chi connectivity index (χ0) is 12.6. The molecule has 0 radical (unpaired) electrons. The van der Waals surface area contributed by atoms with E-state index < -0.39 is 0 Å². The van der Waals surface area contributed by atoms with Crippen molar-refractivity contribution in [3.8, 4) is 0 Å². The number of carbonyl (C=O) groups is 1. The molecule has 2 aliphatic carbocycles. The van der Waals surface area contributed by atoms with Crippen molar-refractivity contribution in [1.29, 1.82) is 0 Å². The van der Waals surface area contributed by atoms with Crippen molar-refractivity contribution < 1.29 is 4.79 Å². The van der Waals surface area contributed by atoms with Crippen LogP contribution in [0.25, 0.3) is 0 Å². The van der Waals surface area contributed by atoms with Crippen molar-refractivity contribution in [2.75, 3.05) is 0 Å². The van der Waals surface area contributed by atoms with E-state index in [1.807, 2.05) is 6.07 Å². The van der Waals surface area contributed by atoms with E-state index in [9.17, 15) is 4.79 Å². The summed E-state index contributed by atoms with van der Waals surface area (Å²) in [6.07, 6.45) is 5.70. The molecular weight excluding hydrogens is 224 g/mol. The van der Waals surface area contributed by atoms with Gasteiger partial charge in [-0.3, -0.25) is 4.79 Å². The Labute approximate surface area is 108 Å². The molecule has 0 saturated heterocycles. The largest absolute Gasteiger partial charge is 0.349 e. The van der Waals surface area contributed by atoms with Gasteiger partial charge in [-0.2, -0.15) is 0 Å². The van der Waals surface area contributed by atoms with Crippen molar-refractivity contribution in [2.45, 2.75) is 50.1 Å². The van der Waals surface area contributed by atoms with Crippen molar-refractivity contribution in [2.24, 2.45) is 5.73 Å². The van der Waals surface area contributed by atoms with Crippen LogP contribution in [-0.2, 0) is 11.2 Å². The maximum absolute atomic E-state index is 12.0. The van der Waals surface area contributed by atoms with Gasteiger partial charge in [-0.05, 0) is 43.2 Å². The monoisotopic (exact) mass is 244 g/mol. The summed E-state index contributed by atoms with van der Waals surface area (Å²) < 4.78 is 0. The first-order valence-corrected chi connectivity index (χ1v) is 6.82. The van der Waals surface area contributed by atoms with Gasteiger partial charge in [-0.25, -0.2) is 0 Å². The van der Waals surface area contributed by atoms with E-state index >= 15 is 0 Å². The van der Waals surface area contributed by atoms with E-state index in [1.165, 1.54) is 11.1 Å².